The fourth-order valence-electron chi connectivity index (χ4n) is 5.37. The van der Waals surface area contributed by atoms with Gasteiger partial charge in [-0.05, 0) is 55.7 Å². The number of pyridine rings is 2. The van der Waals surface area contributed by atoms with Crippen LogP contribution in [-0.2, 0) is 22.4 Å². The first-order valence-corrected chi connectivity index (χ1v) is 12.9. The zero-order chi connectivity index (χ0) is 24.9. The van der Waals surface area contributed by atoms with E-state index in [0.29, 0.717) is 25.4 Å². The molecular weight excluding hydrogens is 456 g/mol. The zero-order valence-corrected chi connectivity index (χ0v) is 20.8. The van der Waals surface area contributed by atoms with Crippen LogP contribution in [0.2, 0.25) is 0 Å². The maximum atomic E-state index is 12.4. The highest BCUT2D eigenvalue weighted by Crippen LogP contribution is 2.34. The lowest BCUT2D eigenvalue weighted by Crippen LogP contribution is -2.33. The molecule has 5 rings (SSSR count). The minimum absolute atomic E-state index is 0.0422. The van der Waals surface area contributed by atoms with Crippen LogP contribution in [0.4, 0.5) is 5.82 Å². The van der Waals surface area contributed by atoms with Gasteiger partial charge in [-0.15, -0.1) is 0 Å². The van der Waals surface area contributed by atoms with Crippen molar-refractivity contribution in [3.8, 4) is 5.75 Å². The summed E-state index contributed by atoms with van der Waals surface area (Å²) in [5.41, 5.74) is 3.18. The third-order valence-electron chi connectivity index (χ3n) is 7.22. The Hall–Kier alpha value is -3.23. The van der Waals surface area contributed by atoms with E-state index in [1.807, 2.05) is 23.1 Å². The monoisotopic (exact) mass is 490 g/mol. The normalized spacial score (nSPS) is 18.5. The Morgan fingerprint density at radius 3 is 3.00 bits per heavy atom. The summed E-state index contributed by atoms with van der Waals surface area (Å²) in [5.74, 6) is 0.829. The van der Waals surface area contributed by atoms with Gasteiger partial charge < -0.3 is 19.9 Å². The second kappa shape index (κ2) is 11.2. The number of hydrogen-bond acceptors (Lipinski definition) is 7. The number of fused-ring (bicyclic) bond motifs is 2. The Labute approximate surface area is 211 Å². The number of nitrogens with one attached hydrogen (secondary N) is 1. The summed E-state index contributed by atoms with van der Waals surface area (Å²) >= 11 is 0. The zero-order valence-electron chi connectivity index (χ0n) is 20.8. The van der Waals surface area contributed by atoms with Crippen LogP contribution in [0.1, 0.15) is 48.5 Å². The van der Waals surface area contributed by atoms with Crippen molar-refractivity contribution in [3.63, 3.8) is 0 Å². The van der Waals surface area contributed by atoms with Gasteiger partial charge in [0.1, 0.15) is 17.6 Å². The van der Waals surface area contributed by atoms with E-state index in [9.17, 15) is 9.90 Å². The van der Waals surface area contributed by atoms with E-state index in [4.69, 9.17) is 14.5 Å². The second-order valence-electron chi connectivity index (χ2n) is 9.60. The highest BCUT2D eigenvalue weighted by Gasteiger charge is 2.35. The van der Waals surface area contributed by atoms with Crippen molar-refractivity contribution in [2.45, 2.75) is 50.7 Å². The molecule has 36 heavy (non-hydrogen) atoms. The van der Waals surface area contributed by atoms with Gasteiger partial charge in [-0.25, -0.2) is 4.98 Å². The van der Waals surface area contributed by atoms with Crippen LogP contribution >= 0.6 is 0 Å². The number of ether oxygens (including phenoxy) is 2. The predicted octanol–water partition coefficient (Wildman–Crippen LogP) is 4.24. The number of hydrogen-bond donors (Lipinski definition) is 2. The lowest BCUT2D eigenvalue weighted by Gasteiger charge is -2.25. The summed E-state index contributed by atoms with van der Waals surface area (Å²) in [6.07, 6.45) is 9.44. The topological polar surface area (TPSA) is 96.8 Å². The van der Waals surface area contributed by atoms with Crippen molar-refractivity contribution in [1.29, 1.82) is 0 Å². The Morgan fingerprint density at radius 2 is 2.14 bits per heavy atom. The average molecular weight is 491 g/mol. The van der Waals surface area contributed by atoms with E-state index in [1.165, 1.54) is 12.0 Å². The molecule has 0 aliphatic carbocycles. The number of benzene rings is 1. The first kappa shape index (κ1) is 24.5. The van der Waals surface area contributed by atoms with Gasteiger partial charge in [0, 0.05) is 48.9 Å². The Kier molecular flexibility index (Phi) is 7.63. The number of rotatable bonds is 10. The Morgan fingerprint density at radius 1 is 1.22 bits per heavy atom. The molecule has 0 radical (unpaired) electrons. The summed E-state index contributed by atoms with van der Waals surface area (Å²) in [6, 6.07) is 9.29. The number of methoxy groups -OCH3 is 1. The minimum atomic E-state index is -0.863. The molecule has 0 amide bonds. The molecule has 2 N–H and O–H groups in total. The molecule has 0 spiro atoms. The van der Waals surface area contributed by atoms with Crippen molar-refractivity contribution in [3.05, 3.63) is 59.5 Å². The van der Waals surface area contributed by atoms with Crippen LogP contribution in [-0.4, -0.2) is 65.4 Å². The number of aromatic nitrogens is 2. The number of likely N-dealkylation sites (tertiary alicyclic amines) is 1. The molecule has 2 aliphatic rings. The molecule has 1 aromatic carbocycles. The minimum Gasteiger partial charge on any atom is -0.494 e. The molecule has 2 aliphatic heterocycles. The number of anilines is 1. The van der Waals surface area contributed by atoms with Crippen LogP contribution in [0, 0.1) is 0 Å². The molecular formula is C28H34N4O4. The van der Waals surface area contributed by atoms with Crippen LogP contribution < -0.4 is 10.1 Å². The van der Waals surface area contributed by atoms with Crippen LogP contribution in [0.3, 0.4) is 0 Å². The van der Waals surface area contributed by atoms with Gasteiger partial charge in [-0.1, -0.05) is 24.3 Å². The van der Waals surface area contributed by atoms with Gasteiger partial charge in [-0.3, -0.25) is 14.7 Å². The van der Waals surface area contributed by atoms with Crippen molar-refractivity contribution in [2.24, 2.45) is 0 Å². The summed E-state index contributed by atoms with van der Waals surface area (Å²) < 4.78 is 11.6. The Balaban J connectivity index is 1.14. The molecule has 8 nitrogen and oxygen atoms in total. The smallest absolute Gasteiger partial charge is 0.325 e. The van der Waals surface area contributed by atoms with Gasteiger partial charge in [0.25, 0.3) is 0 Å². The summed E-state index contributed by atoms with van der Waals surface area (Å²) in [4.78, 5) is 23.4. The maximum Gasteiger partial charge on any atom is 0.325 e. The summed E-state index contributed by atoms with van der Waals surface area (Å²) in [7, 11) is 1.60. The van der Waals surface area contributed by atoms with Gasteiger partial charge in [-0.2, -0.15) is 0 Å². The van der Waals surface area contributed by atoms with Gasteiger partial charge >= 0.3 is 5.97 Å². The molecule has 2 aromatic heterocycles. The number of nitrogens with zero attached hydrogens (tertiary/aromatic N) is 3. The third-order valence-corrected chi connectivity index (χ3v) is 7.22. The van der Waals surface area contributed by atoms with E-state index in [1.54, 1.807) is 19.5 Å². The molecule has 1 fully saturated rings. The fraction of sp³-hybridized carbons (Fsp3) is 0.464. The number of carbonyl (C=O) groups is 1. The third kappa shape index (κ3) is 5.29. The van der Waals surface area contributed by atoms with E-state index in [2.05, 4.69) is 22.4 Å². The van der Waals surface area contributed by atoms with E-state index >= 15 is 0 Å². The SMILES string of the molecule is COc1cncc2c(C(C(=O)O)N3CC[C@@H](OCCCCc4ccc5c(n4)NCCC5)C3)cccc12. The maximum absolute atomic E-state index is 12.4. The Bertz CT molecular complexity index is 1220. The predicted molar refractivity (Wildman–Crippen MR) is 139 cm³/mol. The second-order valence-corrected chi connectivity index (χ2v) is 9.60. The molecule has 2 atom stereocenters. The van der Waals surface area contributed by atoms with Crippen LogP contribution in [0.15, 0.2) is 42.7 Å². The van der Waals surface area contributed by atoms with Gasteiger partial charge in [0.05, 0.1) is 19.4 Å². The number of carboxylic acid groups (broad SMARTS) is 1. The fourth-order valence-corrected chi connectivity index (χ4v) is 5.37. The van der Waals surface area contributed by atoms with Crippen molar-refractivity contribution in [2.75, 3.05) is 38.7 Å². The van der Waals surface area contributed by atoms with Crippen molar-refractivity contribution >= 4 is 22.6 Å². The molecule has 8 heteroatoms. The highest BCUT2D eigenvalue weighted by molar-refractivity contribution is 5.93. The molecule has 0 saturated carbocycles. The largest absolute Gasteiger partial charge is 0.494 e. The number of unbranched alkanes of at least 4 members (excludes halogenated alkanes) is 1. The molecule has 1 saturated heterocycles. The van der Waals surface area contributed by atoms with Gasteiger partial charge in [0.2, 0.25) is 0 Å². The first-order chi connectivity index (χ1) is 17.6. The van der Waals surface area contributed by atoms with E-state index < -0.39 is 12.0 Å². The molecule has 1 unspecified atom stereocenters. The van der Waals surface area contributed by atoms with Crippen molar-refractivity contribution in [1.82, 2.24) is 14.9 Å². The lowest BCUT2D eigenvalue weighted by atomic mass is 9.99. The quantitative estimate of drug-likeness (QED) is 0.408. The highest BCUT2D eigenvalue weighted by atomic mass is 16.5. The van der Waals surface area contributed by atoms with Crippen molar-refractivity contribution < 1.29 is 19.4 Å². The summed E-state index contributed by atoms with van der Waals surface area (Å²) in [5, 5.41) is 15.2. The average Bonchev–Trinajstić information content (AvgIpc) is 3.36. The molecule has 4 heterocycles. The molecule has 0 bridgehead atoms. The van der Waals surface area contributed by atoms with Crippen LogP contribution in [0.25, 0.3) is 10.8 Å². The number of carboxylic acids is 1. The number of aryl methyl sites for hydroxylation is 2. The first-order valence-electron chi connectivity index (χ1n) is 12.9. The summed E-state index contributed by atoms with van der Waals surface area (Å²) in [6.45, 7) is 2.96. The lowest BCUT2D eigenvalue weighted by molar-refractivity contribution is -0.143. The van der Waals surface area contributed by atoms with E-state index in [-0.39, 0.29) is 6.10 Å². The van der Waals surface area contributed by atoms with E-state index in [0.717, 1.165) is 66.5 Å². The van der Waals surface area contributed by atoms with Gasteiger partial charge in [0.15, 0.2) is 0 Å². The number of aliphatic carboxylic acids is 1. The molecule has 3 aromatic rings. The standard InChI is InChI=1S/C28H34N4O4/c1-35-25-17-29-16-24-22(25)8-4-9-23(24)26(28(33)34)32-14-12-21(18-32)36-15-3-2-7-20-11-10-19-6-5-13-30-27(19)31-20/h4,8-11,16-17,21,26H,2-3,5-7,12-15,18H2,1H3,(H,30,31)(H,33,34)/t21-,26?/m1/s1. The van der Waals surface area contributed by atoms with Crippen LogP contribution in [0.5, 0.6) is 5.75 Å². The molecule has 190 valence electrons.